The van der Waals surface area contributed by atoms with E-state index in [1.54, 1.807) is 13.0 Å². The zero-order chi connectivity index (χ0) is 13.3. The summed E-state index contributed by atoms with van der Waals surface area (Å²) in [5.74, 6) is -1.38. The Balaban J connectivity index is 2.55. The normalized spacial score (nSPS) is 10.8. The zero-order valence-corrected chi connectivity index (χ0v) is 9.79. The fraction of sp³-hybridized carbons (Fsp3) is 0.231. The molecule has 0 saturated carbocycles. The highest BCUT2D eigenvalue weighted by Gasteiger charge is 2.07. The third-order valence-electron chi connectivity index (χ3n) is 2.80. The molecule has 0 aliphatic heterocycles. The number of H-pyrrole nitrogens is 1. The first kappa shape index (κ1) is 12.3. The van der Waals surface area contributed by atoms with E-state index in [4.69, 9.17) is 5.11 Å². The molecular formula is C13H12FNO3. The first-order chi connectivity index (χ1) is 8.47. The Morgan fingerprint density at radius 2 is 2.06 bits per heavy atom. The molecule has 2 rings (SSSR count). The minimum absolute atomic E-state index is 0.0539. The number of benzene rings is 1. The highest BCUT2D eigenvalue weighted by Crippen LogP contribution is 2.18. The molecule has 0 aliphatic carbocycles. The number of fused-ring (bicyclic) bond motifs is 1. The fourth-order valence-corrected chi connectivity index (χ4v) is 1.93. The third kappa shape index (κ3) is 2.40. The summed E-state index contributed by atoms with van der Waals surface area (Å²) in [6, 6.07) is 4.24. The quantitative estimate of drug-likeness (QED) is 0.873. The van der Waals surface area contributed by atoms with Gasteiger partial charge in [0.25, 0.3) is 5.56 Å². The molecule has 1 heterocycles. The van der Waals surface area contributed by atoms with Gasteiger partial charge in [-0.3, -0.25) is 9.59 Å². The summed E-state index contributed by atoms with van der Waals surface area (Å²) in [5.41, 5.74) is 0.813. The van der Waals surface area contributed by atoms with Crippen LogP contribution in [-0.4, -0.2) is 16.1 Å². The average molecular weight is 249 g/mol. The highest BCUT2D eigenvalue weighted by atomic mass is 19.1. The summed E-state index contributed by atoms with van der Waals surface area (Å²) in [6.07, 6.45) is 0.193. The van der Waals surface area contributed by atoms with Crippen molar-refractivity contribution in [2.45, 2.75) is 19.8 Å². The van der Waals surface area contributed by atoms with E-state index >= 15 is 0 Å². The minimum Gasteiger partial charge on any atom is -0.481 e. The van der Waals surface area contributed by atoms with E-state index in [2.05, 4.69) is 4.98 Å². The summed E-state index contributed by atoms with van der Waals surface area (Å²) in [6.45, 7) is 1.71. The van der Waals surface area contributed by atoms with Gasteiger partial charge in [0.2, 0.25) is 0 Å². The van der Waals surface area contributed by atoms with Crippen molar-refractivity contribution in [3.05, 3.63) is 45.6 Å². The van der Waals surface area contributed by atoms with Gasteiger partial charge in [0.15, 0.2) is 0 Å². The van der Waals surface area contributed by atoms with E-state index in [0.29, 0.717) is 16.6 Å². The SMILES string of the molecule is Cc1cc(F)cc2c(=O)[nH]c(CCC(=O)O)cc12. The second-order valence-corrected chi connectivity index (χ2v) is 4.20. The molecule has 2 aromatic rings. The standard InChI is InChI=1S/C13H12FNO3/c1-7-4-8(14)5-11-10(7)6-9(15-13(11)18)2-3-12(16)17/h4-6H,2-3H2,1H3,(H,15,18)(H,16,17). The molecule has 18 heavy (non-hydrogen) atoms. The zero-order valence-electron chi connectivity index (χ0n) is 9.79. The van der Waals surface area contributed by atoms with Gasteiger partial charge < -0.3 is 10.1 Å². The Morgan fingerprint density at radius 1 is 1.33 bits per heavy atom. The van der Waals surface area contributed by atoms with Crippen molar-refractivity contribution < 1.29 is 14.3 Å². The molecule has 0 aliphatic rings. The number of aromatic amines is 1. The number of aromatic nitrogens is 1. The Morgan fingerprint density at radius 3 is 2.72 bits per heavy atom. The van der Waals surface area contributed by atoms with E-state index < -0.39 is 17.3 Å². The number of carbonyl (C=O) groups is 1. The Bertz CT molecular complexity index is 676. The van der Waals surface area contributed by atoms with E-state index in [0.717, 1.165) is 0 Å². The third-order valence-corrected chi connectivity index (χ3v) is 2.80. The second kappa shape index (κ2) is 4.60. The lowest BCUT2D eigenvalue weighted by atomic mass is 10.0. The number of carboxylic acid groups (broad SMARTS) is 1. The van der Waals surface area contributed by atoms with Crippen LogP contribution in [0.25, 0.3) is 10.8 Å². The highest BCUT2D eigenvalue weighted by molar-refractivity contribution is 5.85. The van der Waals surface area contributed by atoms with Crippen molar-refractivity contribution in [1.82, 2.24) is 4.98 Å². The predicted molar refractivity (Wildman–Crippen MR) is 65.2 cm³/mol. The van der Waals surface area contributed by atoms with Crippen molar-refractivity contribution in [2.24, 2.45) is 0 Å². The summed E-state index contributed by atoms with van der Waals surface area (Å²) >= 11 is 0. The number of nitrogens with one attached hydrogen (secondary N) is 1. The number of hydrogen-bond donors (Lipinski definition) is 2. The largest absolute Gasteiger partial charge is 0.481 e. The molecule has 94 valence electrons. The van der Waals surface area contributed by atoms with Crippen LogP contribution in [0.4, 0.5) is 4.39 Å². The molecule has 0 saturated heterocycles. The van der Waals surface area contributed by atoms with Crippen molar-refractivity contribution >= 4 is 16.7 Å². The smallest absolute Gasteiger partial charge is 0.303 e. The molecule has 5 heteroatoms. The van der Waals surface area contributed by atoms with Gasteiger partial charge in [0.05, 0.1) is 11.8 Å². The molecule has 1 aromatic carbocycles. The van der Waals surface area contributed by atoms with Crippen molar-refractivity contribution in [1.29, 1.82) is 0 Å². The van der Waals surface area contributed by atoms with Gasteiger partial charge in [-0.25, -0.2) is 4.39 Å². The van der Waals surface area contributed by atoms with E-state index in [-0.39, 0.29) is 18.2 Å². The minimum atomic E-state index is -0.924. The maximum Gasteiger partial charge on any atom is 0.303 e. The molecule has 0 bridgehead atoms. The van der Waals surface area contributed by atoms with Gasteiger partial charge in [-0.1, -0.05) is 0 Å². The molecule has 2 N–H and O–H groups in total. The molecule has 0 radical (unpaired) electrons. The molecular weight excluding hydrogens is 237 g/mol. The van der Waals surface area contributed by atoms with Gasteiger partial charge in [-0.2, -0.15) is 0 Å². The number of carboxylic acids is 1. The number of rotatable bonds is 3. The lowest BCUT2D eigenvalue weighted by Gasteiger charge is -2.05. The van der Waals surface area contributed by atoms with Gasteiger partial charge >= 0.3 is 5.97 Å². The maximum atomic E-state index is 13.2. The second-order valence-electron chi connectivity index (χ2n) is 4.20. The van der Waals surface area contributed by atoms with Crippen molar-refractivity contribution in [3.8, 4) is 0 Å². The molecule has 0 atom stereocenters. The van der Waals surface area contributed by atoms with Crippen LogP contribution in [0.3, 0.4) is 0 Å². The van der Waals surface area contributed by atoms with Crippen LogP contribution in [0.2, 0.25) is 0 Å². The van der Waals surface area contributed by atoms with Gasteiger partial charge in [0.1, 0.15) is 5.82 Å². The molecule has 1 aromatic heterocycles. The lowest BCUT2D eigenvalue weighted by Crippen LogP contribution is -2.11. The first-order valence-corrected chi connectivity index (χ1v) is 5.51. The number of aryl methyl sites for hydroxylation is 2. The summed E-state index contributed by atoms with van der Waals surface area (Å²) in [4.78, 5) is 24.8. The summed E-state index contributed by atoms with van der Waals surface area (Å²) in [5, 5.41) is 9.54. The number of halogens is 1. The van der Waals surface area contributed by atoms with Gasteiger partial charge in [-0.05, 0) is 42.5 Å². The van der Waals surface area contributed by atoms with Crippen molar-refractivity contribution in [3.63, 3.8) is 0 Å². The van der Waals surface area contributed by atoms with Crippen LogP contribution in [0.15, 0.2) is 23.0 Å². The predicted octanol–water partition coefficient (Wildman–Crippen LogP) is 1.99. The van der Waals surface area contributed by atoms with E-state index in [9.17, 15) is 14.0 Å². The Labute approximate surface area is 102 Å². The van der Waals surface area contributed by atoms with Crippen LogP contribution in [0.1, 0.15) is 17.7 Å². The Kier molecular flexibility index (Phi) is 3.14. The van der Waals surface area contributed by atoms with E-state index in [1.165, 1.54) is 12.1 Å². The number of aliphatic carboxylic acids is 1. The monoisotopic (exact) mass is 249 g/mol. The fourth-order valence-electron chi connectivity index (χ4n) is 1.93. The molecule has 0 amide bonds. The summed E-state index contributed by atoms with van der Waals surface area (Å²) < 4.78 is 13.2. The van der Waals surface area contributed by atoms with Crippen LogP contribution in [0.5, 0.6) is 0 Å². The van der Waals surface area contributed by atoms with Crippen molar-refractivity contribution in [2.75, 3.05) is 0 Å². The molecule has 0 spiro atoms. The number of hydrogen-bond acceptors (Lipinski definition) is 2. The molecule has 0 fully saturated rings. The van der Waals surface area contributed by atoms with Crippen LogP contribution in [0, 0.1) is 12.7 Å². The Hall–Kier alpha value is -2.17. The molecule has 0 unspecified atom stereocenters. The van der Waals surface area contributed by atoms with Crippen LogP contribution < -0.4 is 5.56 Å². The van der Waals surface area contributed by atoms with Gasteiger partial charge in [0, 0.05) is 5.69 Å². The number of pyridine rings is 1. The maximum absolute atomic E-state index is 13.2. The topological polar surface area (TPSA) is 70.2 Å². The van der Waals surface area contributed by atoms with E-state index in [1.807, 2.05) is 0 Å². The van der Waals surface area contributed by atoms with Crippen LogP contribution in [-0.2, 0) is 11.2 Å². The average Bonchev–Trinajstić information content (AvgIpc) is 2.28. The summed E-state index contributed by atoms with van der Waals surface area (Å²) in [7, 11) is 0. The molecule has 4 nitrogen and oxygen atoms in total. The lowest BCUT2D eigenvalue weighted by molar-refractivity contribution is -0.136. The first-order valence-electron chi connectivity index (χ1n) is 5.51. The van der Waals surface area contributed by atoms with Gasteiger partial charge in [-0.15, -0.1) is 0 Å². The van der Waals surface area contributed by atoms with Crippen LogP contribution >= 0.6 is 0 Å².